The average molecular weight is 315 g/mol. The van der Waals surface area contributed by atoms with Gasteiger partial charge in [-0.1, -0.05) is 39.5 Å². The summed E-state index contributed by atoms with van der Waals surface area (Å²) >= 11 is 0. The molecule has 2 atom stereocenters. The molecule has 122 valence electrons. The summed E-state index contributed by atoms with van der Waals surface area (Å²) in [7, 11) is -4.21. The van der Waals surface area contributed by atoms with Gasteiger partial charge in [-0.05, 0) is 19.8 Å². The normalized spacial score (nSPS) is 14.8. The molecular weight excluding hydrogens is 285 g/mol. The van der Waals surface area contributed by atoms with Crippen LogP contribution in [-0.4, -0.2) is 54.0 Å². The molecule has 7 heteroatoms. The summed E-state index contributed by atoms with van der Waals surface area (Å²) in [4.78, 5) is 2.00. The molecule has 5 nitrogen and oxygen atoms in total. The van der Waals surface area contributed by atoms with Crippen LogP contribution in [0.2, 0.25) is 0 Å². The Morgan fingerprint density at radius 1 is 1.14 bits per heavy atom. The molecule has 0 aromatic heterocycles. The summed E-state index contributed by atoms with van der Waals surface area (Å²) in [6.07, 6.45) is 5.96. The molecule has 21 heavy (non-hydrogen) atoms. The monoisotopic (exact) mass is 315 g/mol. The topological polar surface area (TPSA) is 80.7 Å². The third kappa shape index (κ3) is 11.6. The van der Waals surface area contributed by atoms with Gasteiger partial charge in [0.1, 0.15) is 0 Å². The van der Waals surface area contributed by atoms with Crippen molar-refractivity contribution in [1.29, 1.82) is 0 Å². The molecular formula is C14H30LiNO4S. The third-order valence-electron chi connectivity index (χ3n) is 3.71. The van der Waals surface area contributed by atoms with Gasteiger partial charge in [0.25, 0.3) is 0 Å². The number of hydrogen-bond acceptors (Lipinski definition) is 5. The van der Waals surface area contributed by atoms with Gasteiger partial charge in [0.05, 0.1) is 22.5 Å². The first-order valence-corrected chi connectivity index (χ1v) is 9.23. The van der Waals surface area contributed by atoms with Crippen molar-refractivity contribution in [3.05, 3.63) is 0 Å². The van der Waals surface area contributed by atoms with Crippen LogP contribution in [-0.2, 0) is 10.1 Å². The van der Waals surface area contributed by atoms with Crippen LogP contribution in [0.1, 0.15) is 59.3 Å². The summed E-state index contributed by atoms with van der Waals surface area (Å²) in [6, 6.07) is 0.134. The summed E-state index contributed by atoms with van der Waals surface area (Å²) in [5.41, 5.74) is 0. The van der Waals surface area contributed by atoms with Gasteiger partial charge < -0.3 is 9.66 Å². The zero-order valence-electron chi connectivity index (χ0n) is 14.0. The SMILES string of the molecule is CCCCC(C)N(CCS(=O)(=O)[O-])C(CO)CCCC.[Li+]. The summed E-state index contributed by atoms with van der Waals surface area (Å²) in [5.74, 6) is -0.383. The Bertz CT molecular complexity index is 338. The molecule has 0 aromatic rings. The molecule has 0 aromatic carbocycles. The van der Waals surface area contributed by atoms with Crippen LogP contribution >= 0.6 is 0 Å². The molecule has 0 rings (SSSR count). The Labute approximate surface area is 142 Å². The van der Waals surface area contributed by atoms with E-state index in [1.54, 1.807) is 0 Å². The van der Waals surface area contributed by atoms with Gasteiger partial charge >= 0.3 is 18.9 Å². The van der Waals surface area contributed by atoms with Crippen LogP contribution < -0.4 is 18.9 Å². The smallest absolute Gasteiger partial charge is 0.748 e. The van der Waals surface area contributed by atoms with Gasteiger partial charge in [-0.25, -0.2) is 8.42 Å². The van der Waals surface area contributed by atoms with E-state index in [0.717, 1.165) is 38.5 Å². The molecule has 0 bridgehead atoms. The van der Waals surface area contributed by atoms with Crippen molar-refractivity contribution in [2.45, 2.75) is 71.4 Å². The van der Waals surface area contributed by atoms with E-state index in [1.165, 1.54) is 0 Å². The largest absolute Gasteiger partial charge is 1.00 e. The number of unbranched alkanes of at least 4 members (excludes halogenated alkanes) is 2. The van der Waals surface area contributed by atoms with Gasteiger partial charge in [-0.15, -0.1) is 0 Å². The van der Waals surface area contributed by atoms with Crippen molar-refractivity contribution in [3.63, 3.8) is 0 Å². The van der Waals surface area contributed by atoms with Crippen LogP contribution in [0.25, 0.3) is 0 Å². The maximum atomic E-state index is 10.9. The van der Waals surface area contributed by atoms with Crippen molar-refractivity contribution in [3.8, 4) is 0 Å². The van der Waals surface area contributed by atoms with E-state index < -0.39 is 10.1 Å². The Morgan fingerprint density at radius 3 is 2.10 bits per heavy atom. The average Bonchev–Trinajstić information content (AvgIpc) is 2.38. The minimum absolute atomic E-state index is 0. The van der Waals surface area contributed by atoms with Gasteiger partial charge in [-0.2, -0.15) is 0 Å². The molecule has 0 radical (unpaired) electrons. The number of aliphatic hydroxyl groups excluding tert-OH is 1. The predicted molar refractivity (Wildman–Crippen MR) is 80.7 cm³/mol. The summed E-state index contributed by atoms with van der Waals surface area (Å²) in [6.45, 7) is 6.46. The molecule has 0 saturated heterocycles. The van der Waals surface area contributed by atoms with E-state index in [0.29, 0.717) is 0 Å². The number of rotatable bonds is 12. The second-order valence-electron chi connectivity index (χ2n) is 5.47. The second-order valence-corrected chi connectivity index (χ2v) is 6.99. The minimum Gasteiger partial charge on any atom is -0.748 e. The quantitative estimate of drug-likeness (QED) is 0.368. The van der Waals surface area contributed by atoms with Crippen LogP contribution in [0, 0.1) is 0 Å². The number of hydrogen-bond donors (Lipinski definition) is 1. The molecule has 0 saturated carbocycles. The first-order chi connectivity index (χ1) is 9.35. The fourth-order valence-electron chi connectivity index (χ4n) is 2.45. The number of nitrogens with zero attached hydrogens (tertiary/aromatic N) is 1. The van der Waals surface area contributed by atoms with Crippen molar-refractivity contribution in [2.24, 2.45) is 0 Å². The molecule has 2 unspecified atom stereocenters. The van der Waals surface area contributed by atoms with Crippen molar-refractivity contribution in [2.75, 3.05) is 18.9 Å². The van der Waals surface area contributed by atoms with Crippen LogP contribution in [0.4, 0.5) is 0 Å². The zero-order chi connectivity index (χ0) is 15.6. The molecule has 0 spiro atoms. The minimum atomic E-state index is -4.21. The summed E-state index contributed by atoms with van der Waals surface area (Å²) in [5, 5.41) is 9.56. The van der Waals surface area contributed by atoms with E-state index in [4.69, 9.17) is 0 Å². The molecule has 0 amide bonds. The first kappa shape index (κ1) is 23.7. The van der Waals surface area contributed by atoms with E-state index >= 15 is 0 Å². The predicted octanol–water partition coefficient (Wildman–Crippen LogP) is -1.03. The van der Waals surface area contributed by atoms with Gasteiger partial charge in [0, 0.05) is 18.6 Å². The Hall–Kier alpha value is 0.427. The number of aliphatic hydroxyl groups is 1. The van der Waals surface area contributed by atoms with Crippen molar-refractivity contribution in [1.82, 2.24) is 4.90 Å². The maximum absolute atomic E-state index is 10.9. The molecule has 0 aliphatic carbocycles. The third-order valence-corrected chi connectivity index (χ3v) is 4.39. The van der Waals surface area contributed by atoms with Gasteiger partial charge in [0.15, 0.2) is 0 Å². The Kier molecular flexibility index (Phi) is 14.6. The fraction of sp³-hybridized carbons (Fsp3) is 1.00. The van der Waals surface area contributed by atoms with Crippen molar-refractivity contribution < 1.29 is 36.9 Å². The van der Waals surface area contributed by atoms with E-state index in [9.17, 15) is 18.1 Å². The van der Waals surface area contributed by atoms with E-state index in [-0.39, 0.29) is 49.8 Å². The molecule has 0 aliphatic rings. The molecule has 1 N–H and O–H groups in total. The Balaban J connectivity index is 0. The molecule has 0 aliphatic heterocycles. The van der Waals surface area contributed by atoms with E-state index in [2.05, 4.69) is 13.8 Å². The standard InChI is InChI=1S/C14H31NO4S.Li/c1-4-6-8-13(3)15(10-11-20(17,18)19)14(12-16)9-7-5-2;/h13-14,16H,4-12H2,1-3H3,(H,17,18,19);/q;+1/p-1. The van der Waals surface area contributed by atoms with E-state index in [1.807, 2.05) is 11.8 Å². The van der Waals surface area contributed by atoms with Gasteiger partial charge in [-0.3, -0.25) is 4.90 Å². The van der Waals surface area contributed by atoms with Gasteiger partial charge in [0.2, 0.25) is 0 Å². The van der Waals surface area contributed by atoms with Crippen LogP contribution in [0.5, 0.6) is 0 Å². The molecule has 0 heterocycles. The van der Waals surface area contributed by atoms with Crippen molar-refractivity contribution >= 4 is 10.1 Å². The van der Waals surface area contributed by atoms with Crippen LogP contribution in [0.15, 0.2) is 0 Å². The zero-order valence-corrected chi connectivity index (χ0v) is 14.9. The Morgan fingerprint density at radius 2 is 1.67 bits per heavy atom. The molecule has 0 fully saturated rings. The maximum Gasteiger partial charge on any atom is 1.00 e. The summed E-state index contributed by atoms with van der Waals surface area (Å²) < 4.78 is 32.6. The van der Waals surface area contributed by atoms with Crippen LogP contribution in [0.3, 0.4) is 0 Å². The fourth-order valence-corrected chi connectivity index (χ4v) is 2.88. The first-order valence-electron chi connectivity index (χ1n) is 7.65. The second kappa shape index (κ2) is 12.9.